The first-order valence-corrected chi connectivity index (χ1v) is 10.6. The van der Waals surface area contributed by atoms with Crippen LogP contribution in [-0.4, -0.2) is 24.8 Å². The molecule has 170 valence electrons. The van der Waals surface area contributed by atoms with Gasteiger partial charge in [-0.3, -0.25) is 23.4 Å². The van der Waals surface area contributed by atoms with Gasteiger partial charge in [-0.15, -0.1) is 0 Å². The molecule has 33 heavy (non-hydrogen) atoms. The fourth-order valence-corrected chi connectivity index (χ4v) is 3.65. The van der Waals surface area contributed by atoms with Gasteiger partial charge in [0.2, 0.25) is 5.91 Å². The summed E-state index contributed by atoms with van der Waals surface area (Å²) in [4.78, 5) is 39.3. The molecule has 1 amide bonds. The van der Waals surface area contributed by atoms with E-state index in [-0.39, 0.29) is 18.6 Å². The van der Waals surface area contributed by atoms with Crippen LogP contribution < -0.4 is 16.6 Å². The summed E-state index contributed by atoms with van der Waals surface area (Å²) in [6.45, 7) is 5.81. The molecule has 0 saturated carbocycles. The van der Waals surface area contributed by atoms with E-state index in [9.17, 15) is 18.8 Å². The number of carbonyl (C=O) groups excluding carboxylic acids is 1. The Morgan fingerprint density at radius 2 is 1.79 bits per heavy atom. The van der Waals surface area contributed by atoms with Crippen LogP contribution >= 0.6 is 0 Å². The lowest BCUT2D eigenvalue weighted by Gasteiger charge is -2.13. The van der Waals surface area contributed by atoms with Crippen LogP contribution in [0.5, 0.6) is 0 Å². The molecule has 9 heteroatoms. The van der Waals surface area contributed by atoms with Gasteiger partial charge in [0.25, 0.3) is 5.56 Å². The molecule has 0 aliphatic heterocycles. The summed E-state index contributed by atoms with van der Waals surface area (Å²) in [6.07, 6.45) is 1.59. The lowest BCUT2D eigenvalue weighted by atomic mass is 10.1. The minimum Gasteiger partial charge on any atom is -0.324 e. The zero-order valence-corrected chi connectivity index (χ0v) is 18.6. The van der Waals surface area contributed by atoms with Crippen molar-refractivity contribution in [3.63, 3.8) is 0 Å². The molecule has 0 spiro atoms. The molecule has 0 radical (unpaired) electrons. The third-order valence-corrected chi connectivity index (χ3v) is 5.49. The molecule has 2 aromatic carbocycles. The maximum Gasteiger partial charge on any atom is 0.332 e. The number of amides is 1. The molecule has 2 heterocycles. The van der Waals surface area contributed by atoms with Crippen molar-refractivity contribution in [3.8, 4) is 0 Å². The smallest absolute Gasteiger partial charge is 0.324 e. The Morgan fingerprint density at radius 1 is 1.06 bits per heavy atom. The first-order valence-electron chi connectivity index (χ1n) is 10.6. The maximum absolute atomic E-state index is 13.3. The van der Waals surface area contributed by atoms with Crippen LogP contribution in [0.15, 0.2) is 58.3 Å². The highest BCUT2D eigenvalue weighted by atomic mass is 19.1. The highest BCUT2D eigenvalue weighted by Gasteiger charge is 2.19. The lowest BCUT2D eigenvalue weighted by molar-refractivity contribution is -0.116. The first-order chi connectivity index (χ1) is 15.8. The van der Waals surface area contributed by atoms with Gasteiger partial charge < -0.3 is 5.32 Å². The maximum atomic E-state index is 13.3. The summed E-state index contributed by atoms with van der Waals surface area (Å²) < 4.78 is 17.1. The van der Waals surface area contributed by atoms with Gasteiger partial charge in [0, 0.05) is 18.4 Å². The van der Waals surface area contributed by atoms with Crippen LogP contribution in [0.25, 0.3) is 11.0 Å². The van der Waals surface area contributed by atoms with E-state index in [1.807, 2.05) is 39.0 Å². The minimum atomic E-state index is -0.636. The minimum absolute atomic E-state index is 0.0640. The Hall–Kier alpha value is -4.01. The molecule has 2 aromatic heterocycles. The quantitative estimate of drug-likeness (QED) is 0.490. The summed E-state index contributed by atoms with van der Waals surface area (Å²) in [5.74, 6) is -0.813. The Kier molecular flexibility index (Phi) is 5.95. The number of aryl methyl sites for hydroxylation is 3. The van der Waals surface area contributed by atoms with Gasteiger partial charge in [-0.1, -0.05) is 24.3 Å². The standard InChI is InChI=1S/C24H24FN5O3/c1-4-28-13-20-22(27-28)23(32)30(12-17-7-9-18(25)10-8-17)24(33)29(20)14-21(31)26-19-11-15(2)5-6-16(19)3/h5-11,13H,4,12,14H2,1-3H3,(H,26,31). The van der Waals surface area contributed by atoms with Crippen LogP contribution in [0, 0.1) is 19.7 Å². The molecule has 8 nitrogen and oxygen atoms in total. The number of nitrogens with zero attached hydrogens (tertiary/aromatic N) is 4. The molecular weight excluding hydrogens is 425 g/mol. The van der Waals surface area contributed by atoms with Gasteiger partial charge in [-0.05, 0) is 55.7 Å². The number of fused-ring (bicyclic) bond motifs is 1. The molecule has 4 aromatic rings. The first kappa shape index (κ1) is 22.2. The van der Waals surface area contributed by atoms with Crippen LogP contribution in [-0.2, 0) is 24.4 Å². The van der Waals surface area contributed by atoms with Gasteiger partial charge in [0.05, 0.1) is 12.1 Å². The van der Waals surface area contributed by atoms with Crippen LogP contribution in [0.2, 0.25) is 0 Å². The fourth-order valence-electron chi connectivity index (χ4n) is 3.65. The van der Waals surface area contributed by atoms with Gasteiger partial charge >= 0.3 is 5.69 Å². The van der Waals surface area contributed by atoms with Gasteiger partial charge in [0.15, 0.2) is 5.52 Å². The van der Waals surface area contributed by atoms with Crippen molar-refractivity contribution in [3.05, 3.63) is 92.0 Å². The van der Waals surface area contributed by atoms with E-state index in [0.717, 1.165) is 15.7 Å². The average molecular weight is 449 g/mol. The van der Waals surface area contributed by atoms with E-state index >= 15 is 0 Å². The van der Waals surface area contributed by atoms with Crippen molar-refractivity contribution in [2.45, 2.75) is 40.4 Å². The summed E-state index contributed by atoms with van der Waals surface area (Å²) in [5.41, 5.74) is 2.32. The van der Waals surface area contributed by atoms with E-state index in [1.165, 1.54) is 28.8 Å². The molecule has 0 bridgehead atoms. The number of anilines is 1. The van der Waals surface area contributed by atoms with Crippen molar-refractivity contribution < 1.29 is 9.18 Å². The largest absolute Gasteiger partial charge is 0.332 e. The molecule has 1 N–H and O–H groups in total. The number of benzene rings is 2. The highest BCUT2D eigenvalue weighted by Crippen LogP contribution is 2.16. The van der Waals surface area contributed by atoms with Crippen molar-refractivity contribution in [2.75, 3.05) is 5.32 Å². The summed E-state index contributed by atoms with van der Waals surface area (Å²) in [6, 6.07) is 11.3. The second kappa shape index (κ2) is 8.85. The Balaban J connectivity index is 1.77. The number of halogens is 1. The fraction of sp³-hybridized carbons (Fsp3) is 0.250. The number of carbonyl (C=O) groups is 1. The molecule has 0 fully saturated rings. The molecule has 0 aliphatic rings. The molecule has 0 unspecified atom stereocenters. The zero-order valence-electron chi connectivity index (χ0n) is 18.6. The average Bonchev–Trinajstić information content (AvgIpc) is 3.23. The second-order valence-electron chi connectivity index (χ2n) is 7.97. The van der Waals surface area contributed by atoms with Crippen molar-refractivity contribution >= 4 is 22.6 Å². The Morgan fingerprint density at radius 3 is 2.48 bits per heavy atom. The van der Waals surface area contributed by atoms with Gasteiger partial charge in [0.1, 0.15) is 12.4 Å². The van der Waals surface area contributed by atoms with Crippen LogP contribution in [0.4, 0.5) is 10.1 Å². The molecular formula is C24H24FN5O3. The number of aromatic nitrogens is 4. The normalized spacial score (nSPS) is 11.2. The molecule has 0 saturated heterocycles. The predicted molar refractivity (Wildman–Crippen MR) is 124 cm³/mol. The monoisotopic (exact) mass is 449 g/mol. The van der Waals surface area contributed by atoms with Crippen molar-refractivity contribution in [1.82, 2.24) is 18.9 Å². The molecule has 4 rings (SSSR count). The lowest BCUT2D eigenvalue weighted by Crippen LogP contribution is -2.41. The predicted octanol–water partition coefficient (Wildman–Crippen LogP) is 2.82. The summed E-state index contributed by atoms with van der Waals surface area (Å²) in [7, 11) is 0. The SMILES string of the molecule is CCn1cc2c(n1)c(=O)n(Cc1ccc(F)cc1)c(=O)n2CC(=O)Nc1cc(C)ccc1C. The number of hydrogen-bond donors (Lipinski definition) is 1. The van der Waals surface area contributed by atoms with E-state index < -0.39 is 23.0 Å². The summed E-state index contributed by atoms with van der Waals surface area (Å²) >= 11 is 0. The Labute approximate surface area is 188 Å². The highest BCUT2D eigenvalue weighted by molar-refractivity contribution is 5.92. The second-order valence-corrected chi connectivity index (χ2v) is 7.97. The van der Waals surface area contributed by atoms with Crippen molar-refractivity contribution in [1.29, 1.82) is 0 Å². The molecule has 0 aliphatic carbocycles. The van der Waals surface area contributed by atoms with E-state index in [2.05, 4.69) is 10.4 Å². The molecule has 0 atom stereocenters. The van der Waals surface area contributed by atoms with Crippen LogP contribution in [0.1, 0.15) is 23.6 Å². The topological polar surface area (TPSA) is 90.9 Å². The van der Waals surface area contributed by atoms with Gasteiger partial charge in [-0.2, -0.15) is 5.10 Å². The number of hydrogen-bond acceptors (Lipinski definition) is 4. The van der Waals surface area contributed by atoms with Gasteiger partial charge in [-0.25, -0.2) is 9.18 Å². The Bertz CT molecular complexity index is 1460. The zero-order chi connectivity index (χ0) is 23.7. The van der Waals surface area contributed by atoms with E-state index in [4.69, 9.17) is 0 Å². The third-order valence-electron chi connectivity index (χ3n) is 5.49. The van der Waals surface area contributed by atoms with E-state index in [1.54, 1.807) is 10.9 Å². The number of nitrogens with one attached hydrogen (secondary N) is 1. The van der Waals surface area contributed by atoms with Crippen LogP contribution in [0.3, 0.4) is 0 Å². The number of rotatable bonds is 6. The summed E-state index contributed by atoms with van der Waals surface area (Å²) in [5, 5.41) is 7.15. The van der Waals surface area contributed by atoms with Crippen molar-refractivity contribution in [2.24, 2.45) is 0 Å². The third kappa shape index (κ3) is 4.48. The van der Waals surface area contributed by atoms with E-state index in [0.29, 0.717) is 23.3 Å².